The Hall–Kier alpha value is -0.650. The Morgan fingerprint density at radius 2 is 1.71 bits per heavy atom. The van der Waals surface area contributed by atoms with Gasteiger partial charge in [0.1, 0.15) is 0 Å². The maximum atomic E-state index is 10.2. The molecule has 0 bridgehead atoms. The van der Waals surface area contributed by atoms with Gasteiger partial charge < -0.3 is 19.5 Å². The Morgan fingerprint density at radius 1 is 1.05 bits per heavy atom. The highest BCUT2D eigenvalue weighted by Gasteiger charge is 2.11. The molecule has 1 rings (SSSR count). The molecule has 120 valence electrons. The molecular weight excluding hydrogens is 290 g/mol. The molecule has 0 saturated carbocycles. The van der Waals surface area contributed by atoms with E-state index in [0.717, 1.165) is 38.2 Å². The summed E-state index contributed by atoms with van der Waals surface area (Å²) >= 11 is 5.86. The van der Waals surface area contributed by atoms with Crippen molar-refractivity contribution in [3.05, 3.63) is 34.9 Å². The van der Waals surface area contributed by atoms with Crippen LogP contribution in [-0.2, 0) is 9.47 Å². The molecule has 0 saturated heterocycles. The van der Waals surface area contributed by atoms with E-state index in [1.165, 1.54) is 0 Å². The molecule has 0 aliphatic rings. The summed E-state index contributed by atoms with van der Waals surface area (Å²) in [6.07, 6.45) is 1.21. The van der Waals surface area contributed by atoms with E-state index in [4.69, 9.17) is 21.1 Å². The first-order valence-electron chi connectivity index (χ1n) is 7.31. The van der Waals surface area contributed by atoms with Crippen molar-refractivity contribution in [3.8, 4) is 0 Å². The van der Waals surface area contributed by atoms with Crippen LogP contribution >= 0.6 is 11.6 Å². The van der Waals surface area contributed by atoms with E-state index in [0.29, 0.717) is 18.1 Å². The first-order valence-corrected chi connectivity index (χ1v) is 7.69. The second-order valence-corrected chi connectivity index (χ2v) is 5.47. The molecule has 0 aliphatic heterocycles. The first kappa shape index (κ1) is 18.4. The average molecular weight is 316 g/mol. The van der Waals surface area contributed by atoms with Crippen LogP contribution < -0.4 is 0 Å². The van der Waals surface area contributed by atoms with E-state index in [2.05, 4.69) is 4.90 Å². The fourth-order valence-corrected chi connectivity index (χ4v) is 2.27. The number of methoxy groups -OCH3 is 2. The molecule has 5 heteroatoms. The molecule has 0 fully saturated rings. The standard InChI is InChI=1S/C16H26ClNO3/c1-20-12-3-9-18(11-13-21-2)10-8-16(19)14-4-6-15(17)7-5-14/h4-7,16,19H,3,8-13H2,1-2H3. The molecule has 1 N–H and O–H groups in total. The smallest absolute Gasteiger partial charge is 0.0802 e. The van der Waals surface area contributed by atoms with Gasteiger partial charge in [-0.1, -0.05) is 23.7 Å². The summed E-state index contributed by atoms with van der Waals surface area (Å²) < 4.78 is 10.2. The monoisotopic (exact) mass is 315 g/mol. The van der Waals surface area contributed by atoms with Crippen LogP contribution in [0, 0.1) is 0 Å². The summed E-state index contributed by atoms with van der Waals surface area (Å²) in [5, 5.41) is 10.9. The lowest BCUT2D eigenvalue weighted by Gasteiger charge is -2.23. The normalized spacial score (nSPS) is 12.8. The number of ether oxygens (including phenoxy) is 2. The number of rotatable bonds is 11. The summed E-state index contributed by atoms with van der Waals surface area (Å²) in [7, 11) is 3.42. The third-order valence-corrected chi connectivity index (χ3v) is 3.66. The van der Waals surface area contributed by atoms with Crippen LogP contribution in [0.4, 0.5) is 0 Å². The lowest BCUT2D eigenvalue weighted by molar-refractivity contribution is 0.109. The van der Waals surface area contributed by atoms with Crippen molar-refractivity contribution < 1.29 is 14.6 Å². The van der Waals surface area contributed by atoms with Gasteiger partial charge in [-0.2, -0.15) is 0 Å². The van der Waals surface area contributed by atoms with E-state index < -0.39 is 6.10 Å². The third kappa shape index (κ3) is 7.79. The quantitative estimate of drug-likeness (QED) is 0.638. The number of aliphatic hydroxyl groups is 1. The Morgan fingerprint density at radius 3 is 2.33 bits per heavy atom. The second-order valence-electron chi connectivity index (χ2n) is 5.04. The number of nitrogens with zero attached hydrogens (tertiary/aromatic N) is 1. The van der Waals surface area contributed by atoms with Gasteiger partial charge in [-0.15, -0.1) is 0 Å². The zero-order valence-electron chi connectivity index (χ0n) is 12.9. The molecule has 1 aromatic rings. The summed E-state index contributed by atoms with van der Waals surface area (Å²) in [6, 6.07) is 7.36. The van der Waals surface area contributed by atoms with Gasteiger partial charge in [0, 0.05) is 45.5 Å². The molecule has 1 atom stereocenters. The van der Waals surface area contributed by atoms with Gasteiger partial charge in [-0.25, -0.2) is 0 Å². The largest absolute Gasteiger partial charge is 0.388 e. The van der Waals surface area contributed by atoms with Gasteiger partial charge >= 0.3 is 0 Å². The van der Waals surface area contributed by atoms with Crippen LogP contribution in [0.15, 0.2) is 24.3 Å². The number of benzene rings is 1. The molecule has 0 heterocycles. The zero-order chi connectivity index (χ0) is 15.5. The van der Waals surface area contributed by atoms with Gasteiger partial charge in [-0.05, 0) is 30.5 Å². The maximum absolute atomic E-state index is 10.2. The minimum atomic E-state index is -0.463. The topological polar surface area (TPSA) is 41.9 Å². The first-order chi connectivity index (χ1) is 10.2. The third-order valence-electron chi connectivity index (χ3n) is 3.41. The van der Waals surface area contributed by atoms with E-state index in [9.17, 15) is 5.11 Å². The molecule has 0 aromatic heterocycles. The Kier molecular flexibility index (Phi) is 9.63. The lowest BCUT2D eigenvalue weighted by atomic mass is 10.1. The number of aliphatic hydroxyl groups excluding tert-OH is 1. The zero-order valence-corrected chi connectivity index (χ0v) is 13.7. The van der Waals surface area contributed by atoms with Crippen molar-refractivity contribution in [2.75, 3.05) is 47.1 Å². The van der Waals surface area contributed by atoms with Gasteiger partial charge in [0.2, 0.25) is 0 Å². The van der Waals surface area contributed by atoms with E-state index >= 15 is 0 Å². The fraction of sp³-hybridized carbons (Fsp3) is 0.625. The minimum absolute atomic E-state index is 0.463. The van der Waals surface area contributed by atoms with Crippen molar-refractivity contribution in [2.24, 2.45) is 0 Å². The van der Waals surface area contributed by atoms with Crippen molar-refractivity contribution in [3.63, 3.8) is 0 Å². The molecular formula is C16H26ClNO3. The second kappa shape index (κ2) is 11.0. The van der Waals surface area contributed by atoms with Crippen LogP contribution in [-0.4, -0.2) is 57.1 Å². The SMILES string of the molecule is COCCCN(CCOC)CCC(O)c1ccc(Cl)cc1. The van der Waals surface area contributed by atoms with Gasteiger partial charge in [0.25, 0.3) is 0 Å². The van der Waals surface area contributed by atoms with E-state index in [-0.39, 0.29) is 0 Å². The van der Waals surface area contributed by atoms with Gasteiger partial charge in [-0.3, -0.25) is 0 Å². The molecule has 1 aromatic carbocycles. The summed E-state index contributed by atoms with van der Waals surface area (Å²) in [4.78, 5) is 2.29. The molecule has 0 aliphatic carbocycles. The number of halogens is 1. The van der Waals surface area contributed by atoms with Gasteiger partial charge in [0.05, 0.1) is 12.7 Å². The molecule has 1 unspecified atom stereocenters. The van der Waals surface area contributed by atoms with Gasteiger partial charge in [0.15, 0.2) is 0 Å². The predicted molar refractivity (Wildman–Crippen MR) is 85.8 cm³/mol. The van der Waals surface area contributed by atoms with Crippen molar-refractivity contribution in [1.82, 2.24) is 4.90 Å². The number of hydrogen-bond donors (Lipinski definition) is 1. The van der Waals surface area contributed by atoms with Crippen LogP contribution in [0.3, 0.4) is 0 Å². The van der Waals surface area contributed by atoms with Crippen LogP contribution in [0.25, 0.3) is 0 Å². The average Bonchev–Trinajstić information content (AvgIpc) is 2.50. The van der Waals surface area contributed by atoms with Crippen LogP contribution in [0.1, 0.15) is 24.5 Å². The molecule has 21 heavy (non-hydrogen) atoms. The van der Waals surface area contributed by atoms with Crippen molar-refractivity contribution >= 4 is 11.6 Å². The molecule has 4 nitrogen and oxygen atoms in total. The number of hydrogen-bond acceptors (Lipinski definition) is 4. The maximum Gasteiger partial charge on any atom is 0.0802 e. The molecule has 0 spiro atoms. The van der Waals surface area contributed by atoms with E-state index in [1.807, 2.05) is 12.1 Å². The van der Waals surface area contributed by atoms with E-state index in [1.54, 1.807) is 26.4 Å². The predicted octanol–water partition coefficient (Wildman–Crippen LogP) is 2.75. The highest BCUT2D eigenvalue weighted by Crippen LogP contribution is 2.19. The van der Waals surface area contributed by atoms with Crippen LogP contribution in [0.5, 0.6) is 0 Å². The Balaban J connectivity index is 2.40. The fourth-order valence-electron chi connectivity index (χ4n) is 2.14. The summed E-state index contributed by atoms with van der Waals surface area (Å²) in [5.41, 5.74) is 0.906. The highest BCUT2D eigenvalue weighted by molar-refractivity contribution is 6.30. The highest BCUT2D eigenvalue weighted by atomic mass is 35.5. The lowest BCUT2D eigenvalue weighted by Crippen LogP contribution is -2.31. The van der Waals surface area contributed by atoms with Crippen molar-refractivity contribution in [2.45, 2.75) is 18.9 Å². The van der Waals surface area contributed by atoms with Crippen LogP contribution in [0.2, 0.25) is 5.02 Å². The Labute approximate surface area is 132 Å². The summed E-state index contributed by atoms with van der Waals surface area (Å²) in [5.74, 6) is 0. The Bertz CT molecular complexity index is 372. The molecule has 0 amide bonds. The van der Waals surface area contributed by atoms with Crippen molar-refractivity contribution in [1.29, 1.82) is 0 Å². The summed E-state index contributed by atoms with van der Waals surface area (Å²) in [6.45, 7) is 4.10. The minimum Gasteiger partial charge on any atom is -0.388 e. The molecule has 0 radical (unpaired) electrons.